The van der Waals surface area contributed by atoms with Gasteiger partial charge in [-0.2, -0.15) is 0 Å². The number of rotatable bonds is 5. The number of aromatic nitrogens is 1. The van der Waals surface area contributed by atoms with Crippen molar-refractivity contribution in [3.63, 3.8) is 0 Å². The zero-order chi connectivity index (χ0) is 13.8. The zero-order valence-corrected chi connectivity index (χ0v) is 12.3. The van der Waals surface area contributed by atoms with E-state index in [1.165, 1.54) is 0 Å². The van der Waals surface area contributed by atoms with Gasteiger partial charge in [-0.1, -0.05) is 17.3 Å². The maximum absolute atomic E-state index is 11.4. The largest absolute Gasteiger partial charge is 0.361 e. The lowest BCUT2D eigenvalue weighted by Crippen LogP contribution is -1.99. The topological polar surface area (TPSA) is 43.1 Å². The monoisotopic (exact) mass is 295 g/mol. The molecule has 2 aromatic rings. The van der Waals surface area contributed by atoms with Gasteiger partial charge in [0.2, 0.25) is 0 Å². The van der Waals surface area contributed by atoms with Crippen molar-refractivity contribution in [1.82, 2.24) is 5.16 Å². The second-order valence-electron chi connectivity index (χ2n) is 4.17. The van der Waals surface area contributed by atoms with Crippen LogP contribution in [-0.4, -0.2) is 16.8 Å². The number of hydrogen-bond acceptors (Lipinski definition) is 4. The van der Waals surface area contributed by atoms with Crippen LogP contribution in [0.4, 0.5) is 0 Å². The lowest BCUT2D eigenvalue weighted by atomic mass is 10.1. The van der Waals surface area contributed by atoms with Crippen molar-refractivity contribution >= 4 is 29.1 Å². The fourth-order valence-electron chi connectivity index (χ4n) is 1.68. The molecule has 1 aromatic heterocycles. The molecule has 0 aliphatic rings. The number of thioether (sulfide) groups is 1. The average Bonchev–Trinajstić information content (AvgIpc) is 2.75. The van der Waals surface area contributed by atoms with Crippen LogP contribution in [0.25, 0.3) is 0 Å². The van der Waals surface area contributed by atoms with E-state index in [0.717, 1.165) is 27.7 Å². The van der Waals surface area contributed by atoms with Crippen LogP contribution < -0.4 is 0 Å². The molecule has 5 heteroatoms. The molecule has 1 aromatic carbocycles. The van der Waals surface area contributed by atoms with Crippen molar-refractivity contribution in [2.75, 3.05) is 5.88 Å². The quantitative estimate of drug-likeness (QED) is 0.475. The second-order valence-corrected chi connectivity index (χ2v) is 5.49. The zero-order valence-electron chi connectivity index (χ0n) is 10.8. The first kappa shape index (κ1) is 14.2. The summed E-state index contributed by atoms with van der Waals surface area (Å²) < 4.78 is 5.13. The number of nitrogens with zero attached hydrogens (tertiary/aromatic N) is 1. The SMILES string of the molecule is Cc1noc(C)c1CSc1ccc(C(=O)CCl)cc1. The molecule has 0 saturated carbocycles. The molecule has 1 heterocycles. The second kappa shape index (κ2) is 6.26. The molecule has 0 fully saturated rings. The van der Waals surface area contributed by atoms with Crippen LogP contribution in [0.5, 0.6) is 0 Å². The van der Waals surface area contributed by atoms with E-state index in [2.05, 4.69) is 5.16 Å². The molecule has 0 saturated heterocycles. The van der Waals surface area contributed by atoms with Gasteiger partial charge in [0.05, 0.1) is 11.6 Å². The third kappa shape index (κ3) is 3.39. The Bertz CT molecular complexity index is 558. The summed E-state index contributed by atoms with van der Waals surface area (Å²) in [5, 5.41) is 3.93. The maximum Gasteiger partial charge on any atom is 0.177 e. The molecule has 100 valence electrons. The van der Waals surface area contributed by atoms with Gasteiger partial charge in [0.25, 0.3) is 0 Å². The fourth-order valence-corrected chi connectivity index (χ4v) is 2.88. The van der Waals surface area contributed by atoms with Crippen LogP contribution in [0.15, 0.2) is 33.7 Å². The van der Waals surface area contributed by atoms with E-state index >= 15 is 0 Å². The van der Waals surface area contributed by atoms with Gasteiger partial charge in [0.1, 0.15) is 5.76 Å². The minimum atomic E-state index is -0.0519. The summed E-state index contributed by atoms with van der Waals surface area (Å²) in [5.41, 5.74) is 2.71. The Morgan fingerprint density at radius 3 is 2.53 bits per heavy atom. The van der Waals surface area contributed by atoms with Crippen molar-refractivity contribution in [3.05, 3.63) is 46.8 Å². The van der Waals surface area contributed by atoms with E-state index in [1.807, 2.05) is 26.0 Å². The first-order valence-corrected chi connectivity index (χ1v) is 7.37. The lowest BCUT2D eigenvalue weighted by molar-refractivity contribution is 0.102. The van der Waals surface area contributed by atoms with Crippen molar-refractivity contribution in [2.24, 2.45) is 0 Å². The van der Waals surface area contributed by atoms with E-state index in [4.69, 9.17) is 16.1 Å². The van der Waals surface area contributed by atoms with Gasteiger partial charge < -0.3 is 4.52 Å². The Morgan fingerprint density at radius 2 is 2.00 bits per heavy atom. The maximum atomic E-state index is 11.4. The molecule has 0 aliphatic heterocycles. The first-order valence-electron chi connectivity index (χ1n) is 5.85. The molecule has 2 rings (SSSR count). The fraction of sp³-hybridized carbons (Fsp3) is 0.286. The Balaban J connectivity index is 2.03. The summed E-state index contributed by atoms with van der Waals surface area (Å²) in [6, 6.07) is 7.48. The van der Waals surface area contributed by atoms with Gasteiger partial charge in [-0.25, -0.2) is 0 Å². The van der Waals surface area contributed by atoms with Gasteiger partial charge in [-0.15, -0.1) is 23.4 Å². The number of ketones is 1. The summed E-state index contributed by atoms with van der Waals surface area (Å²) in [5.74, 6) is 1.64. The average molecular weight is 296 g/mol. The normalized spacial score (nSPS) is 10.7. The summed E-state index contributed by atoms with van der Waals surface area (Å²) in [4.78, 5) is 12.5. The summed E-state index contributed by atoms with van der Waals surface area (Å²) in [6.07, 6.45) is 0. The Morgan fingerprint density at radius 1 is 1.32 bits per heavy atom. The third-order valence-electron chi connectivity index (χ3n) is 2.86. The van der Waals surface area contributed by atoms with Gasteiger partial charge in [-0.3, -0.25) is 4.79 Å². The Kier molecular flexibility index (Phi) is 4.66. The van der Waals surface area contributed by atoms with E-state index in [9.17, 15) is 4.79 Å². The van der Waals surface area contributed by atoms with Gasteiger partial charge in [0.15, 0.2) is 5.78 Å². The van der Waals surface area contributed by atoms with E-state index in [0.29, 0.717) is 5.56 Å². The smallest absolute Gasteiger partial charge is 0.177 e. The molecule has 0 amide bonds. The van der Waals surface area contributed by atoms with E-state index in [-0.39, 0.29) is 11.7 Å². The highest BCUT2D eigenvalue weighted by Crippen LogP contribution is 2.26. The molecule has 0 aliphatic carbocycles. The van der Waals surface area contributed by atoms with Crippen LogP contribution in [0, 0.1) is 13.8 Å². The molecule has 19 heavy (non-hydrogen) atoms. The molecule has 0 atom stereocenters. The number of benzene rings is 1. The molecule has 0 bridgehead atoms. The molecular formula is C14H14ClNO2S. The van der Waals surface area contributed by atoms with Crippen molar-refractivity contribution in [2.45, 2.75) is 24.5 Å². The van der Waals surface area contributed by atoms with Crippen LogP contribution in [0.1, 0.15) is 27.4 Å². The summed E-state index contributed by atoms with van der Waals surface area (Å²) in [6.45, 7) is 3.85. The number of halogens is 1. The predicted octanol–water partition coefficient (Wildman–Crippen LogP) is 4.01. The predicted molar refractivity (Wildman–Crippen MR) is 77.0 cm³/mol. The van der Waals surface area contributed by atoms with E-state index in [1.54, 1.807) is 23.9 Å². The minimum Gasteiger partial charge on any atom is -0.361 e. The van der Waals surface area contributed by atoms with Gasteiger partial charge >= 0.3 is 0 Å². The number of alkyl halides is 1. The highest BCUT2D eigenvalue weighted by atomic mass is 35.5. The molecular weight excluding hydrogens is 282 g/mol. The number of carbonyl (C=O) groups excluding carboxylic acids is 1. The Labute approximate surface area is 121 Å². The molecule has 0 N–H and O–H groups in total. The lowest BCUT2D eigenvalue weighted by Gasteiger charge is -2.03. The highest BCUT2D eigenvalue weighted by molar-refractivity contribution is 7.98. The van der Waals surface area contributed by atoms with Gasteiger partial charge in [0, 0.05) is 21.8 Å². The number of carbonyl (C=O) groups is 1. The van der Waals surface area contributed by atoms with Crippen LogP contribution >= 0.6 is 23.4 Å². The van der Waals surface area contributed by atoms with Crippen molar-refractivity contribution in [1.29, 1.82) is 0 Å². The van der Waals surface area contributed by atoms with Gasteiger partial charge in [-0.05, 0) is 26.0 Å². The van der Waals surface area contributed by atoms with Crippen LogP contribution in [0.2, 0.25) is 0 Å². The van der Waals surface area contributed by atoms with Crippen LogP contribution in [0.3, 0.4) is 0 Å². The summed E-state index contributed by atoms with van der Waals surface area (Å²) in [7, 11) is 0. The molecule has 3 nitrogen and oxygen atoms in total. The molecule has 0 radical (unpaired) electrons. The van der Waals surface area contributed by atoms with Crippen molar-refractivity contribution in [3.8, 4) is 0 Å². The third-order valence-corrected chi connectivity index (χ3v) is 4.14. The Hall–Kier alpha value is -1.26. The summed E-state index contributed by atoms with van der Waals surface area (Å²) >= 11 is 7.21. The number of hydrogen-bond donors (Lipinski definition) is 0. The number of aryl methyl sites for hydroxylation is 2. The van der Waals surface area contributed by atoms with E-state index < -0.39 is 0 Å². The first-order chi connectivity index (χ1) is 9.11. The van der Waals surface area contributed by atoms with Crippen LogP contribution in [-0.2, 0) is 5.75 Å². The molecule has 0 unspecified atom stereocenters. The minimum absolute atomic E-state index is 0.0194. The molecule has 0 spiro atoms. The highest BCUT2D eigenvalue weighted by Gasteiger charge is 2.09. The van der Waals surface area contributed by atoms with Crippen molar-refractivity contribution < 1.29 is 9.32 Å². The standard InChI is InChI=1S/C14H14ClNO2S/c1-9-13(10(2)18-16-9)8-19-12-5-3-11(4-6-12)14(17)7-15/h3-6H,7-8H2,1-2H3. The number of Topliss-reactive ketones (excluding diaryl/α,β-unsaturated/α-hetero) is 1.